The van der Waals surface area contributed by atoms with Crippen LogP contribution in [0.4, 0.5) is 5.69 Å². The molecule has 0 heterocycles. The molecule has 1 amide bonds. The largest absolute Gasteiger partial charge is 0.491 e. The van der Waals surface area contributed by atoms with Crippen LogP contribution in [0.3, 0.4) is 0 Å². The van der Waals surface area contributed by atoms with Crippen LogP contribution in [0, 0.1) is 0 Å². The number of benzene rings is 1. The van der Waals surface area contributed by atoms with Gasteiger partial charge in [-0.1, -0.05) is 0 Å². The summed E-state index contributed by atoms with van der Waals surface area (Å²) in [5, 5.41) is 5.94. The Bertz CT molecular complexity index is 402. The molecule has 0 bridgehead atoms. The minimum atomic E-state index is -0.00523. The second-order valence-corrected chi connectivity index (χ2v) is 5.20. The summed E-state index contributed by atoms with van der Waals surface area (Å²) in [7, 11) is 3.95. The molecule has 0 saturated carbocycles. The summed E-state index contributed by atoms with van der Waals surface area (Å²) in [5.41, 5.74) is 0.906. The van der Waals surface area contributed by atoms with Gasteiger partial charge < -0.3 is 20.3 Å². The van der Waals surface area contributed by atoms with Crippen molar-refractivity contribution in [2.75, 3.05) is 39.0 Å². The maximum absolute atomic E-state index is 11.6. The highest BCUT2D eigenvalue weighted by Crippen LogP contribution is 2.16. The topological polar surface area (TPSA) is 53.6 Å². The second kappa shape index (κ2) is 8.43. The van der Waals surface area contributed by atoms with Gasteiger partial charge in [0.2, 0.25) is 5.91 Å². The summed E-state index contributed by atoms with van der Waals surface area (Å²) < 4.78 is 5.56. The van der Waals surface area contributed by atoms with Crippen LogP contribution < -0.4 is 15.4 Å². The Morgan fingerprint density at radius 3 is 2.45 bits per heavy atom. The van der Waals surface area contributed by atoms with Crippen LogP contribution >= 0.6 is 0 Å². The van der Waals surface area contributed by atoms with Crippen molar-refractivity contribution in [3.05, 3.63) is 24.3 Å². The van der Waals surface area contributed by atoms with E-state index in [1.807, 2.05) is 57.1 Å². The first-order valence-electron chi connectivity index (χ1n) is 6.89. The Labute approximate surface area is 121 Å². The minimum Gasteiger partial charge on any atom is -0.491 e. The molecule has 0 atom stereocenters. The van der Waals surface area contributed by atoms with Crippen molar-refractivity contribution in [1.82, 2.24) is 10.2 Å². The highest BCUT2D eigenvalue weighted by atomic mass is 16.5. The third-order valence-electron chi connectivity index (χ3n) is 2.56. The molecule has 1 rings (SSSR count). The number of carbonyl (C=O) groups is 1. The monoisotopic (exact) mass is 279 g/mol. The van der Waals surface area contributed by atoms with Crippen LogP contribution in [0.2, 0.25) is 0 Å². The molecule has 1 aromatic carbocycles. The number of anilines is 1. The zero-order valence-electron chi connectivity index (χ0n) is 12.8. The first-order valence-corrected chi connectivity index (χ1v) is 6.89. The Balaban J connectivity index is 2.29. The maximum atomic E-state index is 11.6. The summed E-state index contributed by atoms with van der Waals surface area (Å²) in [6.45, 7) is 5.76. The number of amides is 1. The standard InChI is InChI=1S/C15H25N3O2/c1-12(2)20-14-7-5-13(6-8-14)17-11-15(19)16-9-10-18(3)4/h5-8,12,17H,9-11H2,1-4H3,(H,16,19). The fourth-order valence-corrected chi connectivity index (χ4v) is 1.59. The maximum Gasteiger partial charge on any atom is 0.239 e. The van der Waals surface area contributed by atoms with Crippen molar-refractivity contribution in [3.8, 4) is 5.75 Å². The van der Waals surface area contributed by atoms with Crippen LogP contribution in [0.1, 0.15) is 13.8 Å². The molecule has 0 aromatic heterocycles. The number of rotatable bonds is 8. The van der Waals surface area contributed by atoms with Gasteiger partial charge in [-0.25, -0.2) is 0 Å². The van der Waals surface area contributed by atoms with Crippen LogP contribution in [-0.2, 0) is 4.79 Å². The molecular weight excluding hydrogens is 254 g/mol. The van der Waals surface area contributed by atoms with Gasteiger partial charge in [0.15, 0.2) is 0 Å². The van der Waals surface area contributed by atoms with Gasteiger partial charge in [-0.15, -0.1) is 0 Å². The molecule has 5 nitrogen and oxygen atoms in total. The van der Waals surface area contributed by atoms with Crippen molar-refractivity contribution in [1.29, 1.82) is 0 Å². The number of carbonyl (C=O) groups excluding carboxylic acids is 1. The molecule has 1 aromatic rings. The van der Waals surface area contributed by atoms with Crippen molar-refractivity contribution in [2.24, 2.45) is 0 Å². The van der Waals surface area contributed by atoms with E-state index in [2.05, 4.69) is 10.6 Å². The lowest BCUT2D eigenvalue weighted by molar-refractivity contribution is -0.119. The predicted molar refractivity (Wildman–Crippen MR) is 82.3 cm³/mol. The molecule has 2 N–H and O–H groups in total. The highest BCUT2D eigenvalue weighted by molar-refractivity contribution is 5.80. The summed E-state index contributed by atoms with van der Waals surface area (Å²) in [4.78, 5) is 13.6. The molecular formula is C15H25N3O2. The molecule has 0 fully saturated rings. The summed E-state index contributed by atoms with van der Waals surface area (Å²) in [5.74, 6) is 0.829. The minimum absolute atomic E-state index is 0.00523. The van der Waals surface area contributed by atoms with Gasteiger partial charge in [0.25, 0.3) is 0 Å². The number of hydrogen-bond donors (Lipinski definition) is 2. The normalized spacial score (nSPS) is 10.7. The summed E-state index contributed by atoms with van der Waals surface area (Å²) in [6.07, 6.45) is 0.163. The van der Waals surface area contributed by atoms with E-state index >= 15 is 0 Å². The number of nitrogens with one attached hydrogen (secondary N) is 2. The third kappa shape index (κ3) is 6.99. The molecule has 0 spiro atoms. The van der Waals surface area contributed by atoms with Gasteiger partial charge in [0.1, 0.15) is 5.75 Å². The van der Waals surface area contributed by atoms with Gasteiger partial charge in [0.05, 0.1) is 12.6 Å². The van der Waals surface area contributed by atoms with Crippen LogP contribution in [0.5, 0.6) is 5.75 Å². The molecule has 20 heavy (non-hydrogen) atoms. The Morgan fingerprint density at radius 2 is 1.90 bits per heavy atom. The lowest BCUT2D eigenvalue weighted by atomic mass is 10.3. The van der Waals surface area contributed by atoms with Crippen molar-refractivity contribution in [2.45, 2.75) is 20.0 Å². The van der Waals surface area contributed by atoms with Crippen LogP contribution in [-0.4, -0.2) is 50.6 Å². The SMILES string of the molecule is CC(C)Oc1ccc(NCC(=O)NCCN(C)C)cc1. The molecule has 0 aliphatic heterocycles. The zero-order chi connectivity index (χ0) is 15.0. The summed E-state index contributed by atoms with van der Waals surface area (Å²) >= 11 is 0. The van der Waals surface area contributed by atoms with E-state index in [9.17, 15) is 4.79 Å². The Kier molecular flexibility index (Phi) is 6.87. The summed E-state index contributed by atoms with van der Waals surface area (Å²) in [6, 6.07) is 7.61. The predicted octanol–water partition coefficient (Wildman–Crippen LogP) is 1.56. The van der Waals surface area contributed by atoms with Crippen LogP contribution in [0.25, 0.3) is 0 Å². The number of hydrogen-bond acceptors (Lipinski definition) is 4. The van der Waals surface area contributed by atoms with Gasteiger partial charge in [0, 0.05) is 18.8 Å². The molecule has 5 heteroatoms. The smallest absolute Gasteiger partial charge is 0.239 e. The first kappa shape index (κ1) is 16.3. The molecule has 112 valence electrons. The molecule has 0 aliphatic rings. The van der Waals surface area contributed by atoms with Gasteiger partial charge in [-0.3, -0.25) is 4.79 Å². The van der Waals surface area contributed by atoms with E-state index in [0.717, 1.165) is 18.0 Å². The highest BCUT2D eigenvalue weighted by Gasteiger charge is 2.02. The number of nitrogens with zero attached hydrogens (tertiary/aromatic N) is 1. The van der Waals surface area contributed by atoms with Crippen molar-refractivity contribution < 1.29 is 9.53 Å². The van der Waals surface area contributed by atoms with E-state index in [4.69, 9.17) is 4.74 Å². The number of ether oxygens (including phenoxy) is 1. The lowest BCUT2D eigenvalue weighted by Gasteiger charge is -2.12. The molecule has 0 unspecified atom stereocenters. The quantitative estimate of drug-likeness (QED) is 0.758. The second-order valence-electron chi connectivity index (χ2n) is 5.20. The zero-order valence-corrected chi connectivity index (χ0v) is 12.8. The van der Waals surface area contributed by atoms with Gasteiger partial charge in [-0.05, 0) is 52.2 Å². The third-order valence-corrected chi connectivity index (χ3v) is 2.56. The Morgan fingerprint density at radius 1 is 1.25 bits per heavy atom. The Hall–Kier alpha value is -1.75. The van der Waals surface area contributed by atoms with E-state index in [0.29, 0.717) is 6.54 Å². The van der Waals surface area contributed by atoms with E-state index in [1.165, 1.54) is 0 Å². The van der Waals surface area contributed by atoms with Crippen LogP contribution in [0.15, 0.2) is 24.3 Å². The molecule has 0 aliphatic carbocycles. The van der Waals surface area contributed by atoms with Gasteiger partial charge in [-0.2, -0.15) is 0 Å². The lowest BCUT2D eigenvalue weighted by Crippen LogP contribution is -2.34. The van der Waals surface area contributed by atoms with Gasteiger partial charge >= 0.3 is 0 Å². The van der Waals surface area contributed by atoms with E-state index < -0.39 is 0 Å². The average molecular weight is 279 g/mol. The van der Waals surface area contributed by atoms with Crippen molar-refractivity contribution >= 4 is 11.6 Å². The fourth-order valence-electron chi connectivity index (χ4n) is 1.59. The average Bonchev–Trinajstić information content (AvgIpc) is 2.37. The number of likely N-dealkylation sites (N-methyl/N-ethyl adjacent to an activating group) is 1. The fraction of sp³-hybridized carbons (Fsp3) is 0.533. The van der Waals surface area contributed by atoms with E-state index in [1.54, 1.807) is 0 Å². The molecule has 0 saturated heterocycles. The van der Waals surface area contributed by atoms with E-state index in [-0.39, 0.29) is 18.6 Å². The van der Waals surface area contributed by atoms with Crippen molar-refractivity contribution in [3.63, 3.8) is 0 Å². The molecule has 0 radical (unpaired) electrons. The first-order chi connectivity index (χ1) is 9.47.